The Labute approximate surface area is 218 Å². The zero-order chi connectivity index (χ0) is 25.8. The number of tetrazole rings is 1. The Morgan fingerprint density at radius 1 is 1.08 bits per heavy atom. The van der Waals surface area contributed by atoms with Gasteiger partial charge in [0.15, 0.2) is 0 Å². The van der Waals surface area contributed by atoms with Gasteiger partial charge in [-0.2, -0.15) is 5.21 Å². The molecule has 0 radical (unpaired) electrons. The summed E-state index contributed by atoms with van der Waals surface area (Å²) in [5, 5.41) is 14.3. The van der Waals surface area contributed by atoms with Gasteiger partial charge in [-0.25, -0.2) is 4.79 Å². The van der Waals surface area contributed by atoms with Crippen molar-refractivity contribution < 1.29 is 0 Å². The average Bonchev–Trinajstić information content (AvgIpc) is 3.57. The first-order chi connectivity index (χ1) is 18.1. The maximum Gasteiger partial charge on any atom is 0.328 e. The number of nitrogens with zero attached hydrogens (tertiary/aromatic N) is 6. The predicted octanol–water partition coefficient (Wildman–Crippen LogP) is 5.67. The van der Waals surface area contributed by atoms with Gasteiger partial charge in [-0.15, -0.1) is 10.2 Å². The Morgan fingerprint density at radius 2 is 1.89 bits per heavy atom. The first-order valence-corrected chi connectivity index (χ1v) is 13.7. The van der Waals surface area contributed by atoms with E-state index in [2.05, 4.69) is 69.3 Å². The fourth-order valence-corrected chi connectivity index (χ4v) is 6.03. The summed E-state index contributed by atoms with van der Waals surface area (Å²) in [7, 11) is 0. The number of hydrogen-bond acceptors (Lipinski definition) is 5. The molecule has 8 nitrogen and oxygen atoms in total. The molecule has 8 heteroatoms. The Morgan fingerprint density at radius 3 is 2.62 bits per heavy atom. The van der Waals surface area contributed by atoms with E-state index in [9.17, 15) is 4.79 Å². The van der Waals surface area contributed by atoms with Crippen molar-refractivity contribution in [3.8, 4) is 22.5 Å². The number of unbranched alkanes of at least 4 members (excludes halogenated alkanes) is 1. The van der Waals surface area contributed by atoms with E-state index in [1.807, 2.05) is 35.2 Å². The van der Waals surface area contributed by atoms with Gasteiger partial charge in [0.25, 0.3) is 0 Å². The second-order valence-electron chi connectivity index (χ2n) is 10.4. The van der Waals surface area contributed by atoms with Crippen molar-refractivity contribution in [2.45, 2.75) is 78.3 Å². The second-order valence-corrected chi connectivity index (χ2v) is 10.4. The normalized spacial score (nSPS) is 19.8. The lowest BCUT2D eigenvalue weighted by Gasteiger charge is -2.36. The van der Waals surface area contributed by atoms with Crippen LogP contribution in [0.2, 0.25) is 0 Å². The average molecular weight is 500 g/mol. The molecule has 1 fully saturated rings. The van der Waals surface area contributed by atoms with Crippen LogP contribution in [-0.4, -0.2) is 34.7 Å². The molecule has 1 saturated carbocycles. The lowest BCUT2D eigenvalue weighted by molar-refractivity contribution is 0.161. The molecule has 0 saturated heterocycles. The van der Waals surface area contributed by atoms with Gasteiger partial charge in [0, 0.05) is 35.9 Å². The minimum Gasteiger partial charge on any atom is -0.295 e. The summed E-state index contributed by atoms with van der Waals surface area (Å²) < 4.78 is 4.08. The quantitative estimate of drug-likeness (QED) is 0.320. The van der Waals surface area contributed by atoms with Crippen LogP contribution < -0.4 is 5.69 Å². The molecule has 1 aliphatic carbocycles. The number of aromatic amines is 1. The molecule has 3 heterocycles. The van der Waals surface area contributed by atoms with Crippen LogP contribution in [0.3, 0.4) is 0 Å². The van der Waals surface area contributed by atoms with Crippen molar-refractivity contribution in [3.05, 3.63) is 70.7 Å². The Kier molecular flexibility index (Phi) is 7.63. The molecule has 3 unspecified atom stereocenters. The van der Waals surface area contributed by atoms with Crippen molar-refractivity contribution in [2.75, 3.05) is 0 Å². The van der Waals surface area contributed by atoms with Gasteiger partial charge in [-0.3, -0.25) is 14.1 Å². The third kappa shape index (κ3) is 5.15. The second kappa shape index (κ2) is 11.2. The summed E-state index contributed by atoms with van der Waals surface area (Å²) in [4.78, 5) is 18.4. The molecule has 37 heavy (non-hydrogen) atoms. The maximum absolute atomic E-state index is 14.0. The number of benzene rings is 1. The third-order valence-corrected chi connectivity index (χ3v) is 8.05. The smallest absolute Gasteiger partial charge is 0.295 e. The van der Waals surface area contributed by atoms with Gasteiger partial charge in [0.05, 0.1) is 6.54 Å². The number of H-pyrrole nitrogens is 1. The molecule has 3 aromatic heterocycles. The molecule has 0 bridgehead atoms. The van der Waals surface area contributed by atoms with Crippen LogP contribution in [0.4, 0.5) is 0 Å². The van der Waals surface area contributed by atoms with Crippen LogP contribution in [0.5, 0.6) is 0 Å². The molecule has 194 valence electrons. The van der Waals surface area contributed by atoms with Crippen LogP contribution in [0.1, 0.15) is 76.6 Å². The van der Waals surface area contributed by atoms with E-state index in [0.29, 0.717) is 24.2 Å². The Hall–Kier alpha value is -3.55. The topological polar surface area (TPSA) is 94.3 Å². The van der Waals surface area contributed by atoms with Crippen molar-refractivity contribution in [1.29, 1.82) is 0 Å². The summed E-state index contributed by atoms with van der Waals surface area (Å²) in [6, 6.07) is 10.4. The third-order valence-electron chi connectivity index (χ3n) is 8.05. The highest BCUT2D eigenvalue weighted by Gasteiger charge is 2.33. The molecule has 5 rings (SSSR count). The van der Waals surface area contributed by atoms with Crippen LogP contribution in [0.15, 0.2) is 53.7 Å². The number of nitrogens with one attached hydrogen (secondary N) is 1. The molecule has 3 atom stereocenters. The van der Waals surface area contributed by atoms with Crippen LogP contribution in [0, 0.1) is 11.8 Å². The largest absolute Gasteiger partial charge is 0.328 e. The molecular weight excluding hydrogens is 462 g/mol. The fraction of sp³-hybridized carbons (Fsp3) is 0.483. The lowest BCUT2D eigenvalue weighted by atomic mass is 9.76. The molecule has 1 aliphatic rings. The van der Waals surface area contributed by atoms with E-state index >= 15 is 0 Å². The number of hydrogen-bond donors (Lipinski definition) is 1. The zero-order valence-corrected chi connectivity index (χ0v) is 22.1. The van der Waals surface area contributed by atoms with Crippen molar-refractivity contribution in [3.63, 3.8) is 0 Å². The van der Waals surface area contributed by atoms with Gasteiger partial charge in [-0.05, 0) is 65.5 Å². The minimum atomic E-state index is 0.116. The molecule has 1 N–H and O–H groups in total. The predicted molar refractivity (Wildman–Crippen MR) is 145 cm³/mol. The van der Waals surface area contributed by atoms with Crippen molar-refractivity contribution in [1.82, 2.24) is 34.7 Å². The van der Waals surface area contributed by atoms with E-state index in [1.54, 1.807) is 0 Å². The molecule has 0 aliphatic heterocycles. The number of pyridine rings is 1. The highest BCUT2D eigenvalue weighted by atomic mass is 16.1. The van der Waals surface area contributed by atoms with Gasteiger partial charge in [0.2, 0.25) is 5.82 Å². The molecule has 1 aromatic carbocycles. The number of imidazole rings is 1. The van der Waals surface area contributed by atoms with E-state index in [0.717, 1.165) is 53.6 Å². The summed E-state index contributed by atoms with van der Waals surface area (Å²) >= 11 is 0. The van der Waals surface area contributed by atoms with Crippen molar-refractivity contribution in [2.24, 2.45) is 11.8 Å². The monoisotopic (exact) mass is 499 g/mol. The van der Waals surface area contributed by atoms with Crippen LogP contribution in [-0.2, 0) is 13.0 Å². The summed E-state index contributed by atoms with van der Waals surface area (Å²) in [5.74, 6) is 1.64. The highest BCUT2D eigenvalue weighted by Crippen LogP contribution is 2.39. The van der Waals surface area contributed by atoms with Crippen molar-refractivity contribution >= 4 is 0 Å². The summed E-state index contributed by atoms with van der Waals surface area (Å²) in [5.41, 5.74) is 5.33. The molecule has 0 spiro atoms. The highest BCUT2D eigenvalue weighted by molar-refractivity contribution is 5.69. The Balaban J connectivity index is 1.51. The molecular formula is C29H37N7O. The van der Waals surface area contributed by atoms with Gasteiger partial charge < -0.3 is 0 Å². The lowest BCUT2D eigenvalue weighted by Crippen LogP contribution is -2.36. The number of rotatable bonds is 9. The van der Waals surface area contributed by atoms with Crippen LogP contribution in [0.25, 0.3) is 22.5 Å². The number of aryl methyl sites for hydroxylation is 1. The summed E-state index contributed by atoms with van der Waals surface area (Å²) in [6.07, 6.45) is 13.7. The number of aromatic nitrogens is 7. The SMILES string of the molecule is CCCCc1cn(C2C(C)CCCC2CC)c(=O)n1Cc1cnccc1-c1ccc(-c2nn[nH]n2)cc1. The van der Waals surface area contributed by atoms with Gasteiger partial charge >= 0.3 is 5.69 Å². The zero-order valence-electron chi connectivity index (χ0n) is 22.1. The van der Waals surface area contributed by atoms with Crippen LogP contribution >= 0.6 is 0 Å². The molecule has 0 amide bonds. The fourth-order valence-electron chi connectivity index (χ4n) is 6.03. The Bertz CT molecular complexity index is 1350. The molecule has 4 aromatic rings. The van der Waals surface area contributed by atoms with E-state index in [-0.39, 0.29) is 11.7 Å². The van der Waals surface area contributed by atoms with Gasteiger partial charge in [-0.1, -0.05) is 64.3 Å². The van der Waals surface area contributed by atoms with E-state index < -0.39 is 0 Å². The summed E-state index contributed by atoms with van der Waals surface area (Å²) in [6.45, 7) is 7.30. The maximum atomic E-state index is 14.0. The first kappa shape index (κ1) is 25.1. The minimum absolute atomic E-state index is 0.116. The van der Waals surface area contributed by atoms with E-state index in [4.69, 9.17) is 0 Å². The van der Waals surface area contributed by atoms with E-state index in [1.165, 1.54) is 19.3 Å². The first-order valence-electron chi connectivity index (χ1n) is 13.7. The standard InChI is InChI=1S/C29H37N7O/c1-4-6-10-25-19-36(27-20(3)8-7-9-21(27)5-2)29(37)35(25)18-24-17-30-16-15-26(24)22-11-13-23(14-12-22)28-31-33-34-32-28/h11-17,19-21,27H,4-10,18H2,1-3H3,(H,31,32,33,34). The van der Waals surface area contributed by atoms with Gasteiger partial charge in [0.1, 0.15) is 0 Å².